The average Bonchev–Trinajstić information content (AvgIpc) is 2.94. The number of halogens is 4. The van der Waals surface area contributed by atoms with Crippen molar-refractivity contribution in [3.8, 4) is 0 Å². The molecule has 1 N–H and O–H groups in total. The molecule has 0 unspecified atom stereocenters. The van der Waals surface area contributed by atoms with Crippen molar-refractivity contribution in [2.75, 3.05) is 44.2 Å². The Morgan fingerprint density at radius 2 is 1.69 bits per heavy atom. The number of hydrogen-bond donors (Lipinski definition) is 1. The first kappa shape index (κ1) is 28.5. The zero-order valence-corrected chi connectivity index (χ0v) is 25.5. The molecular formula is C29H33Br2ClFN5O. The smallest absolute Gasteiger partial charge is 0.253 e. The lowest BCUT2D eigenvalue weighted by atomic mass is 10.0. The van der Waals surface area contributed by atoms with Crippen molar-refractivity contribution < 1.29 is 10.6 Å². The van der Waals surface area contributed by atoms with Gasteiger partial charge in [-0.05, 0) is 61.8 Å². The molecule has 2 aliphatic rings. The summed E-state index contributed by atoms with van der Waals surface area (Å²) >= 11 is 13.3. The quantitative estimate of drug-likeness (QED) is 0.315. The van der Waals surface area contributed by atoms with Crippen LogP contribution in [-0.2, 0) is 13.1 Å². The highest BCUT2D eigenvalue weighted by atomic mass is 79.9. The molecule has 3 heterocycles. The Bertz CT molecular complexity index is 1300. The molecule has 3 aromatic rings. The van der Waals surface area contributed by atoms with Crippen LogP contribution in [0.4, 0.5) is 10.2 Å². The fourth-order valence-corrected chi connectivity index (χ4v) is 6.19. The highest BCUT2D eigenvalue weighted by Gasteiger charge is 2.29. The van der Waals surface area contributed by atoms with Crippen LogP contribution in [0.15, 0.2) is 63.7 Å². The van der Waals surface area contributed by atoms with Crippen LogP contribution in [0.2, 0.25) is 5.02 Å². The van der Waals surface area contributed by atoms with E-state index in [0.29, 0.717) is 29.7 Å². The number of likely N-dealkylation sites (tertiary alicyclic amines) is 1. The Kier molecular flexibility index (Phi) is 9.56. The number of benzene rings is 2. The summed E-state index contributed by atoms with van der Waals surface area (Å²) in [6.07, 6.45) is 3.77. The Hall–Kier alpha value is -2.04. The molecule has 5 rings (SSSR count). The normalized spacial score (nSPS) is 17.4. The maximum atomic E-state index is 14.2. The highest BCUT2D eigenvalue weighted by Crippen LogP contribution is 2.27. The minimum Gasteiger partial charge on any atom is -0.353 e. The number of rotatable bonds is 7. The van der Waals surface area contributed by atoms with Crippen LogP contribution in [0.25, 0.3) is 0 Å². The van der Waals surface area contributed by atoms with Crippen LogP contribution < -0.4 is 10.2 Å². The summed E-state index contributed by atoms with van der Waals surface area (Å²) in [6, 6.07) is 15.4. The zero-order valence-electron chi connectivity index (χ0n) is 21.6. The first-order valence-electron chi connectivity index (χ1n) is 13.2. The van der Waals surface area contributed by atoms with Crippen LogP contribution >= 0.6 is 43.5 Å². The van der Waals surface area contributed by atoms with Crippen LogP contribution in [0.3, 0.4) is 0 Å². The molecule has 2 aliphatic heterocycles. The number of pyridine rings is 1. The molecule has 0 atom stereocenters. The molecule has 6 nitrogen and oxygen atoms in total. The van der Waals surface area contributed by atoms with Crippen LogP contribution in [-0.4, -0.2) is 66.0 Å². The first-order valence-corrected chi connectivity index (χ1v) is 15.2. The minimum absolute atomic E-state index is 0. The molecule has 1 amide bonds. The molecule has 2 fully saturated rings. The second-order valence-electron chi connectivity index (χ2n) is 10.1. The number of nitrogens with one attached hydrogen (secondary N) is 1. The van der Waals surface area contributed by atoms with Crippen molar-refractivity contribution in [3.63, 3.8) is 0 Å². The summed E-state index contributed by atoms with van der Waals surface area (Å²) in [4.78, 5) is 24.3. The van der Waals surface area contributed by atoms with Gasteiger partial charge in [-0.25, -0.2) is 9.37 Å². The molecule has 0 radical (unpaired) electrons. The standard InChI is InChI=1S/C29H31Br2ClFN5O.H2/c30-23-4-1-20(2-5-23)17-35-29(39)22-15-26(32)28(34-18-22)38-13-11-37(12-14-38)25-7-9-36(10-8-25)19-21-3-6-24(31)16-27(21)33;/h1-6,15-16,18,25H,7-14,17,19H2,(H,35,39);1H. The lowest BCUT2D eigenvalue weighted by Gasteiger charge is -2.43. The second-order valence-corrected chi connectivity index (χ2v) is 12.3. The lowest BCUT2D eigenvalue weighted by Crippen LogP contribution is -2.53. The van der Waals surface area contributed by atoms with Gasteiger partial charge in [0.15, 0.2) is 0 Å². The molecule has 39 heavy (non-hydrogen) atoms. The molecule has 0 saturated carbocycles. The second kappa shape index (κ2) is 13.1. The average molecular weight is 682 g/mol. The van der Waals surface area contributed by atoms with Gasteiger partial charge >= 0.3 is 0 Å². The largest absolute Gasteiger partial charge is 0.353 e. The SMILES string of the molecule is O=C(NCc1ccc(Br)cc1)c1cnc(N2CCN(C3CCN(Cc4ccc(Br)cc4F)CC3)CC2)c(Cl)c1.[HH]. The molecule has 1 aromatic heterocycles. The summed E-state index contributed by atoms with van der Waals surface area (Å²) in [6.45, 7) is 6.60. The Labute approximate surface area is 252 Å². The van der Waals surface area contributed by atoms with Gasteiger partial charge in [0, 0.05) is 67.4 Å². The van der Waals surface area contributed by atoms with Gasteiger partial charge in [-0.3, -0.25) is 14.6 Å². The number of amides is 1. The zero-order chi connectivity index (χ0) is 27.4. The van der Waals surface area contributed by atoms with E-state index in [0.717, 1.165) is 78.0 Å². The molecular weight excluding hydrogens is 649 g/mol. The number of hydrogen-bond acceptors (Lipinski definition) is 5. The van der Waals surface area contributed by atoms with Crippen molar-refractivity contribution >= 4 is 55.2 Å². The van der Waals surface area contributed by atoms with Gasteiger partial charge in [-0.2, -0.15) is 0 Å². The molecule has 2 saturated heterocycles. The van der Waals surface area contributed by atoms with Gasteiger partial charge in [-0.15, -0.1) is 0 Å². The van der Waals surface area contributed by atoms with Crippen molar-refractivity contribution in [2.24, 2.45) is 0 Å². The molecule has 208 valence electrons. The predicted molar refractivity (Wildman–Crippen MR) is 163 cm³/mol. The Morgan fingerprint density at radius 3 is 2.36 bits per heavy atom. The van der Waals surface area contributed by atoms with Crippen LogP contribution in [0.1, 0.15) is 35.8 Å². The fraction of sp³-hybridized carbons (Fsp3) is 0.379. The van der Waals surface area contributed by atoms with Crippen LogP contribution in [0, 0.1) is 5.82 Å². The van der Waals surface area contributed by atoms with E-state index in [9.17, 15) is 9.18 Å². The highest BCUT2D eigenvalue weighted by molar-refractivity contribution is 9.10. The van der Waals surface area contributed by atoms with Gasteiger partial charge in [-0.1, -0.05) is 61.7 Å². The van der Waals surface area contributed by atoms with E-state index in [1.807, 2.05) is 36.4 Å². The van der Waals surface area contributed by atoms with Crippen molar-refractivity contribution in [1.29, 1.82) is 0 Å². The number of aromatic nitrogens is 1. The number of piperidine rings is 1. The van der Waals surface area contributed by atoms with Gasteiger partial charge in [0.05, 0.1) is 10.6 Å². The third kappa shape index (κ3) is 7.38. The number of carbonyl (C=O) groups is 1. The number of carbonyl (C=O) groups excluding carboxylic acids is 1. The minimum atomic E-state index is -0.196. The van der Waals surface area contributed by atoms with E-state index in [-0.39, 0.29) is 13.2 Å². The number of anilines is 1. The summed E-state index contributed by atoms with van der Waals surface area (Å²) in [5.41, 5.74) is 2.22. The van der Waals surface area contributed by atoms with Gasteiger partial charge in [0.25, 0.3) is 5.91 Å². The Morgan fingerprint density at radius 1 is 1.00 bits per heavy atom. The van der Waals surface area contributed by atoms with Gasteiger partial charge in [0.1, 0.15) is 11.6 Å². The van der Waals surface area contributed by atoms with E-state index in [2.05, 4.69) is 56.9 Å². The van der Waals surface area contributed by atoms with Gasteiger partial charge in [0.2, 0.25) is 0 Å². The van der Waals surface area contributed by atoms with E-state index < -0.39 is 0 Å². The maximum Gasteiger partial charge on any atom is 0.253 e. The summed E-state index contributed by atoms with van der Waals surface area (Å²) < 4.78 is 16.0. The number of nitrogens with zero attached hydrogens (tertiary/aromatic N) is 4. The molecule has 2 aromatic carbocycles. The topological polar surface area (TPSA) is 51.7 Å². The van der Waals surface area contributed by atoms with E-state index in [4.69, 9.17) is 11.6 Å². The molecule has 0 spiro atoms. The first-order chi connectivity index (χ1) is 18.9. The van der Waals surface area contributed by atoms with E-state index in [1.54, 1.807) is 12.3 Å². The van der Waals surface area contributed by atoms with Crippen molar-refractivity contribution in [2.45, 2.75) is 32.0 Å². The van der Waals surface area contributed by atoms with Crippen molar-refractivity contribution in [1.82, 2.24) is 20.1 Å². The fourth-order valence-electron chi connectivity index (χ4n) is 5.31. The van der Waals surface area contributed by atoms with E-state index in [1.165, 1.54) is 6.07 Å². The summed E-state index contributed by atoms with van der Waals surface area (Å²) in [7, 11) is 0. The monoisotopic (exact) mass is 679 g/mol. The third-order valence-electron chi connectivity index (χ3n) is 7.55. The molecule has 10 heteroatoms. The maximum absolute atomic E-state index is 14.2. The van der Waals surface area contributed by atoms with E-state index >= 15 is 0 Å². The van der Waals surface area contributed by atoms with Gasteiger partial charge < -0.3 is 10.2 Å². The molecule has 0 bridgehead atoms. The molecule has 0 aliphatic carbocycles. The lowest BCUT2D eigenvalue weighted by molar-refractivity contribution is 0.0950. The summed E-state index contributed by atoms with van der Waals surface area (Å²) in [5, 5.41) is 3.42. The van der Waals surface area contributed by atoms with Crippen LogP contribution in [0.5, 0.6) is 0 Å². The third-order valence-corrected chi connectivity index (χ3v) is 8.85. The predicted octanol–water partition coefficient (Wildman–Crippen LogP) is 6.36. The summed E-state index contributed by atoms with van der Waals surface area (Å²) in [5.74, 6) is 0.384. The number of piperazine rings is 1. The van der Waals surface area contributed by atoms with Crippen molar-refractivity contribution in [3.05, 3.63) is 91.2 Å². The Balaban J connectivity index is 0.00000370.